The molecule has 0 bridgehead atoms. The Morgan fingerprint density at radius 3 is 2.27 bits per heavy atom. The van der Waals surface area contributed by atoms with Gasteiger partial charge in [0.25, 0.3) is 10.2 Å². The van der Waals surface area contributed by atoms with E-state index in [0.717, 1.165) is 12.8 Å². The van der Waals surface area contributed by atoms with Gasteiger partial charge in [-0.2, -0.15) is 17.0 Å². The van der Waals surface area contributed by atoms with Crippen molar-refractivity contribution in [3.05, 3.63) is 0 Å². The Morgan fingerprint density at radius 2 is 1.93 bits per heavy atom. The number of aliphatic hydroxyl groups is 1. The third kappa shape index (κ3) is 2.90. The smallest absolute Gasteiger partial charge is 0.282 e. The van der Waals surface area contributed by atoms with Crippen molar-refractivity contribution in [2.24, 2.45) is 0 Å². The highest BCUT2D eigenvalue weighted by molar-refractivity contribution is 7.86. The van der Waals surface area contributed by atoms with Gasteiger partial charge in [-0.05, 0) is 26.7 Å². The van der Waals surface area contributed by atoms with E-state index in [2.05, 4.69) is 0 Å². The van der Waals surface area contributed by atoms with Crippen molar-refractivity contribution in [3.8, 4) is 0 Å². The van der Waals surface area contributed by atoms with E-state index in [9.17, 15) is 8.42 Å². The molecule has 0 atom stereocenters. The molecule has 0 heterocycles. The number of aliphatic hydroxyl groups excluding tert-OH is 1. The predicted octanol–water partition coefficient (Wildman–Crippen LogP) is 0.0281. The van der Waals surface area contributed by atoms with Gasteiger partial charge in [-0.25, -0.2) is 0 Å². The van der Waals surface area contributed by atoms with Gasteiger partial charge in [0.05, 0.1) is 6.61 Å². The van der Waals surface area contributed by atoms with E-state index < -0.39 is 10.2 Å². The highest BCUT2D eigenvalue weighted by Crippen LogP contribution is 2.30. The molecule has 1 fully saturated rings. The molecule has 1 aliphatic rings. The van der Waals surface area contributed by atoms with Crippen molar-refractivity contribution >= 4 is 10.2 Å². The summed E-state index contributed by atoms with van der Waals surface area (Å²) in [5.41, 5.74) is 0. The number of nitrogens with zero attached hydrogens (tertiary/aromatic N) is 2. The summed E-state index contributed by atoms with van der Waals surface area (Å²) in [7, 11) is -1.82. The number of hydrogen-bond acceptors (Lipinski definition) is 3. The zero-order chi connectivity index (χ0) is 11.6. The Hall–Kier alpha value is -0.170. The fourth-order valence-corrected chi connectivity index (χ4v) is 3.14. The van der Waals surface area contributed by atoms with Crippen LogP contribution in [0.1, 0.15) is 26.7 Å². The Morgan fingerprint density at radius 1 is 1.40 bits per heavy atom. The second kappa shape index (κ2) is 4.78. The molecule has 15 heavy (non-hydrogen) atoms. The summed E-state index contributed by atoms with van der Waals surface area (Å²) >= 11 is 0. The van der Waals surface area contributed by atoms with Gasteiger partial charge < -0.3 is 5.11 Å². The summed E-state index contributed by atoms with van der Waals surface area (Å²) in [6.07, 6.45) is 1.82. The van der Waals surface area contributed by atoms with E-state index >= 15 is 0 Å². The maximum atomic E-state index is 12.1. The second-order valence-corrected chi connectivity index (χ2v) is 6.12. The molecule has 1 aliphatic carbocycles. The highest BCUT2D eigenvalue weighted by Gasteiger charge is 2.39. The summed E-state index contributed by atoms with van der Waals surface area (Å²) < 4.78 is 26.9. The lowest BCUT2D eigenvalue weighted by atomic mass is 10.4. The minimum absolute atomic E-state index is 0.0602. The zero-order valence-electron chi connectivity index (χ0n) is 9.55. The Bertz CT molecular complexity index is 298. The lowest BCUT2D eigenvalue weighted by molar-refractivity contribution is 0.239. The Balaban J connectivity index is 2.80. The standard InChI is InChI=1S/C9H20N2O3S/c1-8(2)10(3)15(13,14)11(6-7-12)9-4-5-9/h8-9,12H,4-7H2,1-3H3. The van der Waals surface area contributed by atoms with Crippen molar-refractivity contribution in [1.82, 2.24) is 8.61 Å². The molecule has 90 valence electrons. The van der Waals surface area contributed by atoms with Crippen molar-refractivity contribution in [3.63, 3.8) is 0 Å². The largest absolute Gasteiger partial charge is 0.395 e. The molecule has 1 rings (SSSR count). The average molecular weight is 236 g/mol. The predicted molar refractivity (Wildman–Crippen MR) is 58.6 cm³/mol. The van der Waals surface area contributed by atoms with Gasteiger partial charge in [0, 0.05) is 25.7 Å². The lowest BCUT2D eigenvalue weighted by Gasteiger charge is -2.29. The first-order valence-electron chi connectivity index (χ1n) is 5.27. The molecule has 6 heteroatoms. The van der Waals surface area contributed by atoms with Gasteiger partial charge in [0.15, 0.2) is 0 Å². The van der Waals surface area contributed by atoms with Crippen molar-refractivity contribution in [2.45, 2.75) is 38.8 Å². The summed E-state index contributed by atoms with van der Waals surface area (Å²) in [6, 6.07) is 0.0401. The molecule has 0 aromatic rings. The topological polar surface area (TPSA) is 60.9 Å². The van der Waals surface area contributed by atoms with Gasteiger partial charge in [0.1, 0.15) is 0 Å². The van der Waals surface area contributed by atoms with Crippen LogP contribution >= 0.6 is 0 Å². The lowest BCUT2D eigenvalue weighted by Crippen LogP contribution is -2.46. The first-order valence-corrected chi connectivity index (χ1v) is 6.66. The minimum atomic E-state index is -3.39. The molecule has 0 spiro atoms. The molecule has 0 aromatic heterocycles. The van der Waals surface area contributed by atoms with Gasteiger partial charge in [-0.3, -0.25) is 0 Å². The molecular formula is C9H20N2O3S. The fraction of sp³-hybridized carbons (Fsp3) is 1.00. The second-order valence-electron chi connectivity index (χ2n) is 4.18. The first-order chi connectivity index (χ1) is 6.91. The first kappa shape index (κ1) is 12.9. The van der Waals surface area contributed by atoms with E-state index in [4.69, 9.17) is 5.11 Å². The molecule has 1 saturated carbocycles. The van der Waals surface area contributed by atoms with E-state index in [0.29, 0.717) is 0 Å². The molecule has 0 saturated heterocycles. The van der Waals surface area contributed by atoms with Crippen LogP contribution in [0.4, 0.5) is 0 Å². The van der Waals surface area contributed by atoms with Gasteiger partial charge in [-0.15, -0.1) is 0 Å². The maximum Gasteiger partial charge on any atom is 0.282 e. The molecular weight excluding hydrogens is 216 g/mol. The van der Waals surface area contributed by atoms with Crippen LogP contribution in [0.5, 0.6) is 0 Å². The fourth-order valence-electron chi connectivity index (χ4n) is 1.38. The van der Waals surface area contributed by atoms with Crippen molar-refractivity contribution in [2.75, 3.05) is 20.2 Å². The molecule has 1 N–H and O–H groups in total. The summed E-state index contributed by atoms with van der Waals surface area (Å²) in [6.45, 7) is 3.74. The van der Waals surface area contributed by atoms with E-state index in [-0.39, 0.29) is 25.2 Å². The van der Waals surface area contributed by atoms with Gasteiger partial charge >= 0.3 is 0 Å². The summed E-state index contributed by atoms with van der Waals surface area (Å²) in [4.78, 5) is 0. The monoisotopic (exact) mass is 236 g/mol. The van der Waals surface area contributed by atoms with Crippen LogP contribution in [0.3, 0.4) is 0 Å². The summed E-state index contributed by atoms with van der Waals surface area (Å²) in [5.74, 6) is 0. The van der Waals surface area contributed by atoms with Crippen LogP contribution < -0.4 is 0 Å². The molecule has 0 aromatic carbocycles. The van der Waals surface area contributed by atoms with Crippen LogP contribution in [0.15, 0.2) is 0 Å². The quantitative estimate of drug-likeness (QED) is 0.707. The third-order valence-corrected chi connectivity index (χ3v) is 4.88. The molecule has 0 radical (unpaired) electrons. The van der Waals surface area contributed by atoms with E-state index in [1.165, 1.54) is 8.61 Å². The van der Waals surface area contributed by atoms with Crippen LogP contribution in [0, 0.1) is 0 Å². The average Bonchev–Trinajstić information content (AvgIpc) is 2.95. The van der Waals surface area contributed by atoms with E-state index in [1.807, 2.05) is 13.8 Å². The van der Waals surface area contributed by atoms with Crippen molar-refractivity contribution in [1.29, 1.82) is 0 Å². The maximum absolute atomic E-state index is 12.1. The Labute approximate surface area is 91.9 Å². The van der Waals surface area contributed by atoms with Crippen LogP contribution in [0.2, 0.25) is 0 Å². The zero-order valence-corrected chi connectivity index (χ0v) is 10.4. The van der Waals surface area contributed by atoms with Crippen molar-refractivity contribution < 1.29 is 13.5 Å². The number of hydrogen-bond donors (Lipinski definition) is 1. The number of rotatable bonds is 6. The molecule has 0 aliphatic heterocycles. The van der Waals surface area contributed by atoms with Gasteiger partial charge in [0.2, 0.25) is 0 Å². The SMILES string of the molecule is CC(C)N(C)S(=O)(=O)N(CCO)C1CC1. The third-order valence-electron chi connectivity index (χ3n) is 2.66. The molecule has 5 nitrogen and oxygen atoms in total. The Kier molecular flexibility index (Phi) is 4.11. The minimum Gasteiger partial charge on any atom is -0.395 e. The highest BCUT2D eigenvalue weighted by atomic mass is 32.2. The summed E-state index contributed by atoms with van der Waals surface area (Å²) in [5, 5.41) is 8.87. The van der Waals surface area contributed by atoms with Crippen LogP contribution in [-0.4, -0.2) is 54.4 Å². The van der Waals surface area contributed by atoms with E-state index in [1.54, 1.807) is 7.05 Å². The van der Waals surface area contributed by atoms with Gasteiger partial charge in [-0.1, -0.05) is 0 Å². The van der Waals surface area contributed by atoms with Crippen LogP contribution in [0.25, 0.3) is 0 Å². The van der Waals surface area contributed by atoms with Crippen LogP contribution in [-0.2, 0) is 10.2 Å². The normalized spacial score (nSPS) is 18.1. The molecule has 0 unspecified atom stereocenters. The molecule has 0 amide bonds.